The van der Waals surface area contributed by atoms with Gasteiger partial charge in [0.15, 0.2) is 0 Å². The predicted molar refractivity (Wildman–Crippen MR) is 184 cm³/mol. The van der Waals surface area contributed by atoms with Gasteiger partial charge >= 0.3 is 0 Å². The molecule has 1 atom stereocenters. The lowest BCUT2D eigenvalue weighted by molar-refractivity contribution is -0.137. The summed E-state index contributed by atoms with van der Waals surface area (Å²) < 4.78 is 0. The van der Waals surface area contributed by atoms with Crippen LogP contribution in [0.15, 0.2) is 54.7 Å². The van der Waals surface area contributed by atoms with E-state index in [0.29, 0.717) is 37.3 Å². The van der Waals surface area contributed by atoms with E-state index >= 15 is 0 Å². The number of primary amides is 1. The summed E-state index contributed by atoms with van der Waals surface area (Å²) in [6.45, 7) is 4.37. The lowest BCUT2D eigenvalue weighted by Gasteiger charge is -2.39. The molecule has 3 aliphatic heterocycles. The Labute approximate surface area is 285 Å². The number of aromatic nitrogens is 2. The number of imide groups is 1. The quantitative estimate of drug-likeness (QED) is 0.174. The van der Waals surface area contributed by atoms with Gasteiger partial charge in [-0.15, -0.1) is 0 Å². The fourth-order valence-electron chi connectivity index (χ4n) is 7.10. The van der Waals surface area contributed by atoms with Crippen LogP contribution < -0.4 is 21.3 Å². The number of likely N-dealkylation sites (tertiary alicyclic amines) is 1. The number of hydrogen-bond acceptors (Lipinski definition) is 11. The van der Waals surface area contributed by atoms with Crippen LogP contribution in [0.3, 0.4) is 0 Å². The van der Waals surface area contributed by atoms with Crippen molar-refractivity contribution in [2.75, 3.05) is 43.4 Å². The largest absolute Gasteiger partial charge is 0.385 e. The Balaban J connectivity index is 0.996. The molecule has 2 aromatic carbocycles. The van der Waals surface area contributed by atoms with E-state index in [1.807, 2.05) is 24.1 Å². The van der Waals surface area contributed by atoms with E-state index in [2.05, 4.69) is 54.7 Å². The Morgan fingerprint density at radius 2 is 1.82 bits per heavy atom. The minimum absolute atomic E-state index is 0.197. The number of hydrogen-bond donors (Lipinski definition) is 4. The number of rotatable bonds is 11. The summed E-state index contributed by atoms with van der Waals surface area (Å²) in [7, 11) is 1.81. The highest BCUT2D eigenvalue weighted by Crippen LogP contribution is 2.35. The van der Waals surface area contributed by atoms with Gasteiger partial charge in [-0.1, -0.05) is 30.3 Å². The maximum atomic E-state index is 12.4. The van der Waals surface area contributed by atoms with Crippen molar-refractivity contribution in [1.82, 2.24) is 25.1 Å². The van der Waals surface area contributed by atoms with E-state index in [4.69, 9.17) is 5.73 Å². The lowest BCUT2D eigenvalue weighted by atomic mass is 9.83. The van der Waals surface area contributed by atoms with E-state index < -0.39 is 17.6 Å². The Morgan fingerprint density at radius 1 is 1.08 bits per heavy atom. The minimum atomic E-state index is -1.01. The zero-order valence-electron chi connectivity index (χ0n) is 27.8. The molecule has 1 aromatic heterocycles. The molecule has 0 aliphatic carbocycles. The second-order valence-electron chi connectivity index (χ2n) is 13.4. The first-order valence-corrected chi connectivity index (χ1v) is 16.9. The number of carbonyl (C=O) groups excluding carboxylic acids is 4. The Hall–Kier alpha value is -4.72. The summed E-state index contributed by atoms with van der Waals surface area (Å²) in [6.07, 6.45) is 6.02. The number of anilines is 2. The monoisotopic (exact) mass is 668 g/mol. The van der Waals surface area contributed by atoms with Crippen molar-refractivity contribution in [1.29, 1.82) is 0 Å². The molecule has 13 nitrogen and oxygen atoms in total. The van der Waals surface area contributed by atoms with Crippen molar-refractivity contribution in [3.05, 3.63) is 82.7 Å². The van der Waals surface area contributed by atoms with Crippen molar-refractivity contribution in [3.8, 4) is 0 Å². The molecule has 3 fully saturated rings. The van der Waals surface area contributed by atoms with Crippen molar-refractivity contribution in [3.63, 3.8) is 0 Å². The maximum absolute atomic E-state index is 12.4. The van der Waals surface area contributed by atoms with E-state index in [-0.39, 0.29) is 30.0 Å². The fraction of sp³-hybridized carbons (Fsp3) is 0.444. The number of aliphatic hydroxyl groups is 1. The number of likely N-dealkylation sites (N-methyl/N-ethyl adjacent to an activating group) is 1. The molecular formula is C36H44N8O5. The van der Waals surface area contributed by atoms with Crippen molar-refractivity contribution in [2.45, 2.75) is 69.3 Å². The van der Waals surface area contributed by atoms with E-state index in [0.717, 1.165) is 63.0 Å². The number of nitrogens with one attached hydrogen (secondary N) is 2. The van der Waals surface area contributed by atoms with Crippen LogP contribution in [0.5, 0.6) is 0 Å². The number of benzene rings is 2. The zero-order chi connectivity index (χ0) is 34.5. The summed E-state index contributed by atoms with van der Waals surface area (Å²) in [5.74, 6) is -0.734. The van der Waals surface area contributed by atoms with Crippen LogP contribution in [0.25, 0.3) is 0 Å². The molecule has 3 saturated heterocycles. The molecule has 3 amide bonds. The van der Waals surface area contributed by atoms with Gasteiger partial charge in [-0.2, -0.15) is 0 Å². The van der Waals surface area contributed by atoms with Gasteiger partial charge in [-0.3, -0.25) is 34.3 Å². The highest BCUT2D eigenvalue weighted by atomic mass is 16.3. The second kappa shape index (κ2) is 14.8. The third-order valence-corrected chi connectivity index (χ3v) is 10.1. The highest BCUT2D eigenvalue weighted by Gasteiger charge is 2.35. The van der Waals surface area contributed by atoms with Crippen LogP contribution >= 0.6 is 0 Å². The average Bonchev–Trinajstić information content (AvgIpc) is 3.10. The first kappa shape index (κ1) is 34.2. The van der Waals surface area contributed by atoms with E-state index in [1.165, 1.54) is 23.5 Å². The van der Waals surface area contributed by atoms with Gasteiger partial charge in [0.2, 0.25) is 17.8 Å². The molecule has 4 heterocycles. The minimum Gasteiger partial charge on any atom is -0.385 e. The molecule has 6 rings (SSSR count). The summed E-state index contributed by atoms with van der Waals surface area (Å²) in [4.78, 5) is 62.3. The van der Waals surface area contributed by atoms with E-state index in [9.17, 15) is 24.3 Å². The molecule has 5 N–H and O–H groups in total. The molecular weight excluding hydrogens is 624 g/mol. The Kier molecular flexibility index (Phi) is 10.3. The third-order valence-electron chi connectivity index (χ3n) is 10.1. The zero-order valence-corrected chi connectivity index (χ0v) is 27.8. The molecule has 49 heavy (non-hydrogen) atoms. The number of carbonyl (C=O) groups is 4. The summed E-state index contributed by atoms with van der Waals surface area (Å²) in [5.41, 5.74) is 8.97. The van der Waals surface area contributed by atoms with Gasteiger partial charge < -0.3 is 21.1 Å². The average molecular weight is 669 g/mol. The first-order chi connectivity index (χ1) is 23.6. The maximum Gasteiger partial charge on any atom is 0.267 e. The predicted octanol–water partition coefficient (Wildman–Crippen LogP) is 2.19. The molecule has 13 heteroatoms. The van der Waals surface area contributed by atoms with E-state index in [1.54, 1.807) is 6.07 Å². The van der Waals surface area contributed by atoms with Gasteiger partial charge in [0.1, 0.15) is 12.0 Å². The topological polar surface area (TPSA) is 174 Å². The van der Waals surface area contributed by atoms with Gasteiger partial charge in [0.05, 0.1) is 11.6 Å². The van der Waals surface area contributed by atoms with Crippen LogP contribution in [0, 0.1) is 0 Å². The summed E-state index contributed by atoms with van der Waals surface area (Å²) in [5, 5.41) is 17.4. The number of aldehydes is 1. The number of piperidine rings is 3. The lowest BCUT2D eigenvalue weighted by Crippen LogP contribution is -2.51. The van der Waals surface area contributed by atoms with Crippen LogP contribution in [-0.2, 0) is 28.3 Å². The number of amides is 3. The fourth-order valence-corrected chi connectivity index (χ4v) is 7.10. The van der Waals surface area contributed by atoms with Crippen molar-refractivity contribution < 1.29 is 24.3 Å². The molecule has 0 bridgehead atoms. The van der Waals surface area contributed by atoms with Crippen LogP contribution in [-0.4, -0.2) is 94.2 Å². The summed E-state index contributed by atoms with van der Waals surface area (Å²) in [6, 6.07) is 15.4. The molecule has 0 spiro atoms. The Morgan fingerprint density at radius 3 is 2.49 bits per heavy atom. The Bertz CT molecular complexity index is 1680. The first-order valence-electron chi connectivity index (χ1n) is 16.9. The number of nitrogens with zero attached hydrogens (tertiary/aromatic N) is 5. The SMILES string of the molecule is CN(Cc1cc(C2(O)CCN(Cc3ccc(N4CCC(Nc5nccc(C(N)=O)n5)CC4)cc3)CC2)ccc1C=O)C1CCC(=O)NC1=O. The van der Waals surface area contributed by atoms with Gasteiger partial charge in [0, 0.05) is 69.2 Å². The molecule has 0 saturated carbocycles. The molecule has 0 radical (unpaired) electrons. The van der Waals surface area contributed by atoms with Gasteiger partial charge in [0.25, 0.3) is 5.91 Å². The molecule has 3 aliphatic rings. The van der Waals surface area contributed by atoms with Crippen molar-refractivity contribution >= 4 is 35.6 Å². The molecule has 1 unspecified atom stereocenters. The van der Waals surface area contributed by atoms with Crippen LogP contribution in [0.1, 0.15) is 76.1 Å². The normalized spacial score (nSPS) is 20.2. The van der Waals surface area contributed by atoms with Crippen molar-refractivity contribution in [2.24, 2.45) is 5.73 Å². The molecule has 258 valence electrons. The summed E-state index contributed by atoms with van der Waals surface area (Å²) >= 11 is 0. The molecule has 3 aromatic rings. The van der Waals surface area contributed by atoms with Crippen LogP contribution in [0.4, 0.5) is 11.6 Å². The van der Waals surface area contributed by atoms with Gasteiger partial charge in [-0.05, 0) is 74.0 Å². The smallest absolute Gasteiger partial charge is 0.267 e. The standard InChI is InChI=1S/C36H44N8O5/c1-42(31-8-9-32(46)41-34(31)48)22-26-20-27(5-4-25(26)23-45)36(49)13-18-43(19-14-36)21-24-2-6-29(7-3-24)44-16-11-28(12-17-44)39-35-38-15-10-30(40-35)33(37)47/h2-7,10,15,20,23,28,31,49H,8-9,11-14,16-19,21-22H2,1H3,(H2,37,47)(H,38,39,40)(H,41,46,48). The van der Waals surface area contributed by atoms with Crippen LogP contribution in [0.2, 0.25) is 0 Å². The number of nitrogens with two attached hydrogens (primary N) is 1. The van der Waals surface area contributed by atoms with Gasteiger partial charge in [-0.25, -0.2) is 9.97 Å². The highest BCUT2D eigenvalue weighted by molar-refractivity contribution is 6.00. The second-order valence-corrected chi connectivity index (χ2v) is 13.4. The third kappa shape index (κ3) is 8.12.